The Balaban J connectivity index is 1.61. The summed E-state index contributed by atoms with van der Waals surface area (Å²) in [5.41, 5.74) is 2.83. The highest BCUT2D eigenvalue weighted by Gasteiger charge is 2.43. The first-order valence-corrected chi connectivity index (χ1v) is 10.8. The molecule has 2 aromatic rings. The van der Waals surface area contributed by atoms with Gasteiger partial charge in [0.25, 0.3) is 0 Å². The number of amides is 1. The standard InChI is InChI=1S/C21H25N3O2S/c1-15(27-2)20(25)24-11-9-21(10-12-24)18-17(8-13-26-21)14-22-19(23-18)16-6-4-3-5-7-16/h3-7,14-15H,8-13H2,1-2H3. The number of piperidine rings is 1. The number of benzene rings is 1. The first-order chi connectivity index (χ1) is 13.1. The van der Waals surface area contributed by atoms with Crippen molar-refractivity contribution in [1.29, 1.82) is 0 Å². The third kappa shape index (κ3) is 3.48. The summed E-state index contributed by atoms with van der Waals surface area (Å²) >= 11 is 1.60. The smallest absolute Gasteiger partial charge is 0.235 e. The van der Waals surface area contributed by atoms with Crippen LogP contribution >= 0.6 is 11.8 Å². The predicted molar refractivity (Wildman–Crippen MR) is 108 cm³/mol. The molecule has 142 valence electrons. The molecule has 1 aromatic heterocycles. The van der Waals surface area contributed by atoms with Crippen LogP contribution in [0.5, 0.6) is 0 Å². The number of carbonyl (C=O) groups excluding carboxylic acids is 1. The molecule has 0 N–H and O–H groups in total. The van der Waals surface area contributed by atoms with Crippen molar-refractivity contribution in [2.24, 2.45) is 0 Å². The second-order valence-corrected chi connectivity index (χ2v) is 8.41. The Morgan fingerprint density at radius 1 is 1.26 bits per heavy atom. The van der Waals surface area contributed by atoms with Gasteiger partial charge in [0.15, 0.2) is 5.82 Å². The van der Waals surface area contributed by atoms with E-state index < -0.39 is 0 Å². The van der Waals surface area contributed by atoms with E-state index >= 15 is 0 Å². The number of likely N-dealkylation sites (tertiary alicyclic amines) is 1. The topological polar surface area (TPSA) is 55.3 Å². The van der Waals surface area contributed by atoms with Crippen LogP contribution in [-0.4, -0.2) is 52.0 Å². The molecule has 0 bridgehead atoms. The molecule has 2 aliphatic rings. The Bertz CT molecular complexity index is 819. The number of rotatable bonds is 3. The molecule has 6 heteroatoms. The monoisotopic (exact) mass is 383 g/mol. The normalized spacial score (nSPS) is 19.6. The predicted octanol–water partition coefficient (Wildman–Crippen LogP) is 3.29. The quantitative estimate of drug-likeness (QED) is 0.814. The summed E-state index contributed by atoms with van der Waals surface area (Å²) in [5.74, 6) is 0.967. The zero-order valence-electron chi connectivity index (χ0n) is 15.9. The lowest BCUT2D eigenvalue weighted by atomic mass is 9.83. The van der Waals surface area contributed by atoms with Gasteiger partial charge in [0.2, 0.25) is 5.91 Å². The van der Waals surface area contributed by atoms with E-state index in [4.69, 9.17) is 9.72 Å². The number of hydrogen-bond acceptors (Lipinski definition) is 5. The number of aromatic nitrogens is 2. The van der Waals surface area contributed by atoms with E-state index in [0.717, 1.165) is 36.3 Å². The van der Waals surface area contributed by atoms with E-state index in [-0.39, 0.29) is 16.8 Å². The van der Waals surface area contributed by atoms with Crippen molar-refractivity contribution in [3.8, 4) is 11.4 Å². The molecule has 3 heterocycles. The molecule has 1 spiro atoms. The number of hydrogen-bond donors (Lipinski definition) is 0. The van der Waals surface area contributed by atoms with E-state index in [9.17, 15) is 4.79 Å². The van der Waals surface area contributed by atoms with Gasteiger partial charge in [0.1, 0.15) is 5.60 Å². The zero-order chi connectivity index (χ0) is 18.9. The first-order valence-electron chi connectivity index (χ1n) is 9.50. The first kappa shape index (κ1) is 18.4. The van der Waals surface area contributed by atoms with Crippen LogP contribution in [0.3, 0.4) is 0 Å². The largest absolute Gasteiger partial charge is 0.368 e. The Morgan fingerprint density at radius 2 is 2.00 bits per heavy atom. The molecule has 1 saturated heterocycles. The van der Waals surface area contributed by atoms with Crippen LogP contribution in [0.25, 0.3) is 11.4 Å². The molecule has 4 rings (SSSR count). The molecule has 2 aliphatic heterocycles. The van der Waals surface area contributed by atoms with Crippen LogP contribution < -0.4 is 0 Å². The highest BCUT2D eigenvalue weighted by atomic mass is 32.2. The number of fused-ring (bicyclic) bond motifs is 2. The molecule has 0 radical (unpaired) electrons. The molecule has 1 atom stereocenters. The van der Waals surface area contributed by atoms with Gasteiger partial charge in [-0.2, -0.15) is 11.8 Å². The number of ether oxygens (including phenoxy) is 1. The van der Waals surface area contributed by atoms with Gasteiger partial charge in [-0.3, -0.25) is 4.79 Å². The van der Waals surface area contributed by atoms with Gasteiger partial charge in [-0.05, 0) is 38.0 Å². The van der Waals surface area contributed by atoms with Crippen LogP contribution in [0.1, 0.15) is 31.0 Å². The van der Waals surface area contributed by atoms with Crippen LogP contribution in [0.2, 0.25) is 0 Å². The molecule has 5 nitrogen and oxygen atoms in total. The minimum Gasteiger partial charge on any atom is -0.368 e. The van der Waals surface area contributed by atoms with Crippen molar-refractivity contribution < 1.29 is 9.53 Å². The fourth-order valence-electron chi connectivity index (χ4n) is 3.96. The number of thioether (sulfide) groups is 1. The van der Waals surface area contributed by atoms with Gasteiger partial charge < -0.3 is 9.64 Å². The molecular weight excluding hydrogens is 358 g/mol. The van der Waals surface area contributed by atoms with Gasteiger partial charge in [-0.15, -0.1) is 0 Å². The number of nitrogens with zero attached hydrogens (tertiary/aromatic N) is 3. The van der Waals surface area contributed by atoms with E-state index in [2.05, 4.69) is 4.98 Å². The maximum Gasteiger partial charge on any atom is 0.235 e. The van der Waals surface area contributed by atoms with Gasteiger partial charge in [-0.1, -0.05) is 30.3 Å². The maximum absolute atomic E-state index is 12.5. The second-order valence-electron chi connectivity index (χ2n) is 7.23. The van der Waals surface area contributed by atoms with E-state index in [1.165, 1.54) is 5.56 Å². The Kier molecular flexibility index (Phi) is 5.19. The fourth-order valence-corrected chi connectivity index (χ4v) is 4.31. The van der Waals surface area contributed by atoms with Crippen LogP contribution in [-0.2, 0) is 21.6 Å². The van der Waals surface area contributed by atoms with Crippen molar-refractivity contribution in [2.45, 2.75) is 37.0 Å². The zero-order valence-corrected chi connectivity index (χ0v) is 16.7. The van der Waals surface area contributed by atoms with Gasteiger partial charge in [-0.25, -0.2) is 9.97 Å². The summed E-state index contributed by atoms with van der Waals surface area (Å²) in [6.45, 7) is 4.10. The summed E-state index contributed by atoms with van der Waals surface area (Å²) in [5, 5.41) is 0.00520. The average molecular weight is 384 g/mol. The Hall–Kier alpha value is -1.92. The minimum absolute atomic E-state index is 0.00520. The molecule has 1 fully saturated rings. The maximum atomic E-state index is 12.5. The summed E-state index contributed by atoms with van der Waals surface area (Å²) < 4.78 is 6.31. The molecular formula is C21H25N3O2S. The molecule has 1 amide bonds. The van der Waals surface area contributed by atoms with Crippen LogP contribution in [0, 0.1) is 0 Å². The fraction of sp³-hybridized carbons (Fsp3) is 0.476. The average Bonchev–Trinajstić information content (AvgIpc) is 2.74. The Morgan fingerprint density at radius 3 is 2.70 bits per heavy atom. The van der Waals surface area contributed by atoms with Crippen molar-refractivity contribution in [3.05, 3.63) is 47.8 Å². The third-order valence-electron chi connectivity index (χ3n) is 5.66. The van der Waals surface area contributed by atoms with Gasteiger partial charge >= 0.3 is 0 Å². The van der Waals surface area contributed by atoms with E-state index in [0.29, 0.717) is 19.7 Å². The van der Waals surface area contributed by atoms with Crippen LogP contribution in [0.4, 0.5) is 0 Å². The van der Waals surface area contributed by atoms with Crippen molar-refractivity contribution in [1.82, 2.24) is 14.9 Å². The van der Waals surface area contributed by atoms with Gasteiger partial charge in [0, 0.05) is 24.8 Å². The summed E-state index contributed by atoms with van der Waals surface area (Å²) in [6.07, 6.45) is 6.37. The molecule has 0 aliphatic carbocycles. The molecule has 1 unspecified atom stereocenters. The molecule has 0 saturated carbocycles. The lowest BCUT2D eigenvalue weighted by molar-refractivity contribution is -0.140. The third-order valence-corrected chi connectivity index (χ3v) is 6.57. The van der Waals surface area contributed by atoms with Gasteiger partial charge in [0.05, 0.1) is 17.6 Å². The minimum atomic E-state index is -0.389. The summed E-state index contributed by atoms with van der Waals surface area (Å²) in [6, 6.07) is 10.1. The highest BCUT2D eigenvalue weighted by Crippen LogP contribution is 2.41. The Labute approximate surface area is 164 Å². The lowest BCUT2D eigenvalue weighted by Gasteiger charge is -2.44. The summed E-state index contributed by atoms with van der Waals surface area (Å²) in [7, 11) is 0. The van der Waals surface area contributed by atoms with E-state index in [1.54, 1.807) is 11.8 Å². The van der Waals surface area contributed by atoms with Crippen molar-refractivity contribution in [3.63, 3.8) is 0 Å². The van der Waals surface area contributed by atoms with Crippen molar-refractivity contribution in [2.75, 3.05) is 26.0 Å². The highest BCUT2D eigenvalue weighted by molar-refractivity contribution is 7.99. The van der Waals surface area contributed by atoms with Crippen molar-refractivity contribution >= 4 is 17.7 Å². The lowest BCUT2D eigenvalue weighted by Crippen LogP contribution is -2.50. The molecule has 1 aromatic carbocycles. The SMILES string of the molecule is CSC(C)C(=O)N1CCC2(CC1)OCCc1cnc(-c3ccccc3)nc12. The van der Waals surface area contributed by atoms with E-state index in [1.807, 2.05) is 54.6 Å². The summed E-state index contributed by atoms with van der Waals surface area (Å²) in [4.78, 5) is 24.0. The second kappa shape index (κ2) is 7.60. The van der Waals surface area contributed by atoms with Crippen LogP contribution in [0.15, 0.2) is 36.5 Å². The molecule has 27 heavy (non-hydrogen) atoms. The number of carbonyl (C=O) groups is 1.